The van der Waals surface area contributed by atoms with E-state index in [0.717, 1.165) is 24.4 Å². The minimum Gasteiger partial charge on any atom is -0.352 e. The molecule has 1 aromatic rings. The highest BCUT2D eigenvalue weighted by atomic mass is 16.2. The smallest absolute Gasteiger partial charge is 0.240 e. The van der Waals surface area contributed by atoms with E-state index in [0.29, 0.717) is 6.54 Å². The normalized spacial score (nSPS) is 12.5. The summed E-state index contributed by atoms with van der Waals surface area (Å²) < 4.78 is 1.90. The van der Waals surface area contributed by atoms with Crippen LogP contribution < -0.4 is 5.32 Å². The Morgan fingerprint density at radius 3 is 2.75 bits per heavy atom. The Bertz CT molecular complexity index is 357. The first kappa shape index (κ1) is 12.7. The van der Waals surface area contributed by atoms with Crippen molar-refractivity contribution in [2.45, 2.75) is 53.1 Å². The minimum absolute atomic E-state index is 0.0532. The van der Waals surface area contributed by atoms with Crippen LogP contribution in [0.15, 0.2) is 6.20 Å². The predicted octanol–water partition coefficient (Wildman–Crippen LogP) is 1.67. The maximum atomic E-state index is 11.7. The Morgan fingerprint density at radius 1 is 1.56 bits per heavy atom. The first-order chi connectivity index (χ1) is 7.56. The second kappa shape index (κ2) is 5.68. The molecule has 0 aliphatic rings. The van der Waals surface area contributed by atoms with Crippen molar-refractivity contribution >= 4 is 5.91 Å². The fraction of sp³-hybridized carbons (Fsp3) is 0.667. The molecule has 90 valence electrons. The molecule has 0 aliphatic heterocycles. The van der Waals surface area contributed by atoms with Crippen LogP contribution in [0.3, 0.4) is 0 Å². The van der Waals surface area contributed by atoms with Gasteiger partial charge in [0.15, 0.2) is 0 Å². The molecular weight excluding hydrogens is 202 g/mol. The van der Waals surface area contributed by atoms with Crippen molar-refractivity contribution in [1.29, 1.82) is 0 Å². The fourth-order valence-corrected chi connectivity index (χ4v) is 1.48. The Balaban J connectivity index is 2.58. The maximum Gasteiger partial charge on any atom is 0.240 e. The molecule has 0 fully saturated rings. The van der Waals surface area contributed by atoms with Crippen LogP contribution in [0.1, 0.15) is 38.7 Å². The molecule has 1 aromatic heterocycles. The zero-order valence-corrected chi connectivity index (χ0v) is 10.6. The first-order valence-corrected chi connectivity index (χ1v) is 5.88. The van der Waals surface area contributed by atoms with Gasteiger partial charge in [0.25, 0.3) is 0 Å². The SMILES string of the molecule is CCc1cn(CC(=O)NC(C)CC)c(C)n1. The van der Waals surface area contributed by atoms with E-state index >= 15 is 0 Å². The lowest BCUT2D eigenvalue weighted by Gasteiger charge is -2.12. The van der Waals surface area contributed by atoms with E-state index in [1.165, 1.54) is 0 Å². The quantitative estimate of drug-likeness (QED) is 0.825. The van der Waals surface area contributed by atoms with Gasteiger partial charge in [-0.15, -0.1) is 0 Å². The second-order valence-electron chi connectivity index (χ2n) is 4.14. The van der Waals surface area contributed by atoms with Crippen molar-refractivity contribution in [3.63, 3.8) is 0 Å². The number of aryl methyl sites for hydroxylation is 2. The van der Waals surface area contributed by atoms with E-state index in [1.54, 1.807) is 0 Å². The van der Waals surface area contributed by atoms with Gasteiger partial charge < -0.3 is 9.88 Å². The molecule has 0 spiro atoms. The number of nitrogens with one attached hydrogen (secondary N) is 1. The Morgan fingerprint density at radius 2 is 2.25 bits per heavy atom. The molecule has 0 saturated heterocycles. The third-order valence-electron chi connectivity index (χ3n) is 2.72. The van der Waals surface area contributed by atoms with Crippen molar-refractivity contribution < 1.29 is 4.79 Å². The van der Waals surface area contributed by atoms with Crippen LogP contribution in [-0.4, -0.2) is 21.5 Å². The van der Waals surface area contributed by atoms with Gasteiger partial charge in [-0.05, 0) is 26.7 Å². The summed E-state index contributed by atoms with van der Waals surface area (Å²) in [6.07, 6.45) is 3.81. The molecule has 1 heterocycles. The van der Waals surface area contributed by atoms with Gasteiger partial charge in [0, 0.05) is 12.2 Å². The third-order valence-corrected chi connectivity index (χ3v) is 2.72. The van der Waals surface area contributed by atoms with E-state index < -0.39 is 0 Å². The predicted molar refractivity (Wildman–Crippen MR) is 64.2 cm³/mol. The topological polar surface area (TPSA) is 46.9 Å². The summed E-state index contributed by atoms with van der Waals surface area (Å²) in [5.41, 5.74) is 1.04. The van der Waals surface area contributed by atoms with E-state index in [9.17, 15) is 4.79 Å². The highest BCUT2D eigenvalue weighted by Crippen LogP contribution is 2.03. The number of nitrogens with zero attached hydrogens (tertiary/aromatic N) is 2. The van der Waals surface area contributed by atoms with Crippen LogP contribution in [0.2, 0.25) is 0 Å². The van der Waals surface area contributed by atoms with E-state index in [4.69, 9.17) is 0 Å². The van der Waals surface area contributed by atoms with Crippen molar-refractivity contribution in [1.82, 2.24) is 14.9 Å². The summed E-state index contributed by atoms with van der Waals surface area (Å²) >= 11 is 0. The molecule has 1 rings (SSSR count). The molecule has 1 amide bonds. The molecule has 1 N–H and O–H groups in total. The average Bonchev–Trinajstić information content (AvgIpc) is 2.59. The zero-order chi connectivity index (χ0) is 12.1. The largest absolute Gasteiger partial charge is 0.352 e. The summed E-state index contributed by atoms with van der Waals surface area (Å²) in [7, 11) is 0. The van der Waals surface area contributed by atoms with Gasteiger partial charge in [0.1, 0.15) is 12.4 Å². The number of carbonyl (C=O) groups is 1. The molecule has 4 heteroatoms. The second-order valence-corrected chi connectivity index (χ2v) is 4.14. The molecule has 0 radical (unpaired) electrons. The van der Waals surface area contributed by atoms with E-state index in [1.807, 2.05) is 24.6 Å². The van der Waals surface area contributed by atoms with Crippen LogP contribution in [0, 0.1) is 6.92 Å². The van der Waals surface area contributed by atoms with E-state index in [2.05, 4.69) is 24.1 Å². The standard InChI is InChI=1S/C12H21N3O/c1-5-9(3)13-12(16)8-15-7-11(6-2)14-10(15)4/h7,9H,5-6,8H2,1-4H3,(H,13,16). The third kappa shape index (κ3) is 3.36. The molecule has 0 aromatic carbocycles. The number of carbonyl (C=O) groups excluding carboxylic acids is 1. The summed E-state index contributed by atoms with van der Waals surface area (Å²) in [6, 6.07) is 0.238. The number of rotatable bonds is 5. The minimum atomic E-state index is 0.0532. The van der Waals surface area contributed by atoms with Crippen molar-refractivity contribution in [2.75, 3.05) is 0 Å². The van der Waals surface area contributed by atoms with Gasteiger partial charge >= 0.3 is 0 Å². The van der Waals surface area contributed by atoms with Crippen LogP contribution in [0.4, 0.5) is 0 Å². The average molecular weight is 223 g/mol. The Labute approximate surface area is 97.1 Å². The summed E-state index contributed by atoms with van der Waals surface area (Å²) in [4.78, 5) is 16.0. The summed E-state index contributed by atoms with van der Waals surface area (Å²) in [5, 5.41) is 2.94. The highest BCUT2D eigenvalue weighted by Gasteiger charge is 2.09. The zero-order valence-electron chi connectivity index (χ0n) is 10.6. The van der Waals surface area contributed by atoms with Crippen molar-refractivity contribution in [2.24, 2.45) is 0 Å². The molecular formula is C12H21N3O. The number of imidazole rings is 1. The van der Waals surface area contributed by atoms with E-state index in [-0.39, 0.29) is 11.9 Å². The van der Waals surface area contributed by atoms with Crippen LogP contribution in [0.25, 0.3) is 0 Å². The molecule has 1 atom stereocenters. The van der Waals surface area contributed by atoms with Crippen molar-refractivity contribution in [3.05, 3.63) is 17.7 Å². The lowest BCUT2D eigenvalue weighted by Crippen LogP contribution is -2.34. The first-order valence-electron chi connectivity index (χ1n) is 5.88. The fourth-order valence-electron chi connectivity index (χ4n) is 1.48. The summed E-state index contributed by atoms with van der Waals surface area (Å²) in [5.74, 6) is 0.952. The van der Waals surface area contributed by atoms with Gasteiger partial charge in [-0.25, -0.2) is 4.98 Å². The number of hydrogen-bond acceptors (Lipinski definition) is 2. The van der Waals surface area contributed by atoms with Gasteiger partial charge in [-0.3, -0.25) is 4.79 Å². The van der Waals surface area contributed by atoms with Gasteiger partial charge in [0.2, 0.25) is 5.91 Å². The summed E-state index contributed by atoms with van der Waals surface area (Å²) in [6.45, 7) is 8.42. The molecule has 0 bridgehead atoms. The molecule has 0 aliphatic carbocycles. The maximum absolute atomic E-state index is 11.7. The van der Waals surface area contributed by atoms with Gasteiger partial charge in [0.05, 0.1) is 5.69 Å². The van der Waals surface area contributed by atoms with Crippen LogP contribution in [0.5, 0.6) is 0 Å². The molecule has 0 saturated carbocycles. The number of hydrogen-bond donors (Lipinski definition) is 1. The van der Waals surface area contributed by atoms with Crippen LogP contribution in [-0.2, 0) is 17.8 Å². The highest BCUT2D eigenvalue weighted by molar-refractivity contribution is 5.76. The number of amides is 1. The molecule has 16 heavy (non-hydrogen) atoms. The lowest BCUT2D eigenvalue weighted by atomic mass is 10.2. The van der Waals surface area contributed by atoms with Gasteiger partial charge in [-0.2, -0.15) is 0 Å². The Hall–Kier alpha value is -1.32. The van der Waals surface area contributed by atoms with Crippen LogP contribution >= 0.6 is 0 Å². The Kier molecular flexibility index (Phi) is 4.52. The van der Waals surface area contributed by atoms with Gasteiger partial charge in [-0.1, -0.05) is 13.8 Å². The molecule has 4 nitrogen and oxygen atoms in total. The molecule has 1 unspecified atom stereocenters. The lowest BCUT2D eigenvalue weighted by molar-refractivity contribution is -0.122. The van der Waals surface area contributed by atoms with Crippen molar-refractivity contribution in [3.8, 4) is 0 Å². The number of aromatic nitrogens is 2. The monoisotopic (exact) mass is 223 g/mol.